The SMILES string of the molecule is Cl.NCc1cc(C(=O)N2CC3CCC2C3)ccn1. The van der Waals surface area contributed by atoms with E-state index in [1.807, 2.05) is 11.0 Å². The van der Waals surface area contributed by atoms with Crippen LogP contribution in [0.1, 0.15) is 35.3 Å². The van der Waals surface area contributed by atoms with E-state index >= 15 is 0 Å². The van der Waals surface area contributed by atoms with Crippen molar-refractivity contribution in [3.63, 3.8) is 0 Å². The topological polar surface area (TPSA) is 59.2 Å². The van der Waals surface area contributed by atoms with Gasteiger partial charge in [-0.25, -0.2) is 0 Å². The van der Waals surface area contributed by atoms with Crippen LogP contribution >= 0.6 is 12.4 Å². The van der Waals surface area contributed by atoms with E-state index in [1.165, 1.54) is 19.3 Å². The lowest BCUT2D eigenvalue weighted by molar-refractivity contribution is 0.0703. The highest BCUT2D eigenvalue weighted by Gasteiger charge is 2.40. The summed E-state index contributed by atoms with van der Waals surface area (Å²) in [5, 5.41) is 0. The van der Waals surface area contributed by atoms with Crippen LogP contribution in [-0.2, 0) is 6.54 Å². The second-order valence-corrected chi connectivity index (χ2v) is 5.03. The molecule has 1 aliphatic heterocycles. The summed E-state index contributed by atoms with van der Waals surface area (Å²) in [5.74, 6) is 0.883. The Morgan fingerprint density at radius 3 is 2.94 bits per heavy atom. The normalized spacial score (nSPS) is 25.1. The highest BCUT2D eigenvalue weighted by atomic mass is 35.5. The van der Waals surface area contributed by atoms with Crippen LogP contribution in [0.15, 0.2) is 18.3 Å². The molecule has 2 heterocycles. The maximum Gasteiger partial charge on any atom is 0.254 e. The smallest absolute Gasteiger partial charge is 0.254 e. The summed E-state index contributed by atoms with van der Waals surface area (Å²) in [6.45, 7) is 1.32. The van der Waals surface area contributed by atoms with Crippen molar-refractivity contribution < 1.29 is 4.79 Å². The fraction of sp³-hybridized carbons (Fsp3) is 0.538. The molecule has 2 bridgehead atoms. The largest absolute Gasteiger partial charge is 0.335 e. The van der Waals surface area contributed by atoms with Crippen LogP contribution in [0.4, 0.5) is 0 Å². The van der Waals surface area contributed by atoms with E-state index in [0.717, 1.165) is 23.7 Å². The number of nitrogens with zero attached hydrogens (tertiary/aromatic N) is 2. The minimum absolute atomic E-state index is 0. The summed E-state index contributed by atoms with van der Waals surface area (Å²) in [6, 6.07) is 4.07. The van der Waals surface area contributed by atoms with Gasteiger partial charge in [0.1, 0.15) is 0 Å². The molecule has 1 saturated carbocycles. The molecule has 1 aromatic heterocycles. The van der Waals surface area contributed by atoms with Crippen LogP contribution in [0, 0.1) is 5.92 Å². The van der Waals surface area contributed by atoms with Gasteiger partial charge in [-0.1, -0.05) is 0 Å². The van der Waals surface area contributed by atoms with Crippen molar-refractivity contribution in [2.75, 3.05) is 6.54 Å². The van der Waals surface area contributed by atoms with Crippen molar-refractivity contribution in [3.05, 3.63) is 29.6 Å². The lowest BCUT2D eigenvalue weighted by Crippen LogP contribution is -2.37. The zero-order valence-corrected chi connectivity index (χ0v) is 11.0. The second kappa shape index (κ2) is 5.24. The molecule has 1 aliphatic carbocycles. The second-order valence-electron chi connectivity index (χ2n) is 5.03. The van der Waals surface area contributed by atoms with E-state index in [-0.39, 0.29) is 18.3 Å². The predicted octanol–water partition coefficient (Wildman–Crippen LogP) is 1.59. The van der Waals surface area contributed by atoms with Crippen LogP contribution < -0.4 is 5.73 Å². The zero-order valence-electron chi connectivity index (χ0n) is 10.2. The van der Waals surface area contributed by atoms with Gasteiger partial charge in [-0.2, -0.15) is 0 Å². The number of hydrogen-bond acceptors (Lipinski definition) is 3. The number of rotatable bonds is 2. The first-order valence-corrected chi connectivity index (χ1v) is 6.24. The molecule has 0 spiro atoms. The number of carbonyl (C=O) groups excluding carboxylic acids is 1. The van der Waals surface area contributed by atoms with Gasteiger partial charge in [-0.15, -0.1) is 12.4 Å². The van der Waals surface area contributed by atoms with E-state index in [9.17, 15) is 4.79 Å². The number of pyridine rings is 1. The molecule has 2 N–H and O–H groups in total. The number of nitrogens with two attached hydrogens (primary N) is 1. The molecule has 98 valence electrons. The molecule has 2 aliphatic rings. The average molecular weight is 268 g/mol. The number of amides is 1. The first kappa shape index (κ1) is 13.3. The number of piperidine rings is 1. The molecular formula is C13H18ClN3O. The van der Waals surface area contributed by atoms with E-state index in [1.54, 1.807) is 12.3 Å². The van der Waals surface area contributed by atoms with Crippen molar-refractivity contribution >= 4 is 18.3 Å². The number of halogens is 1. The highest BCUT2D eigenvalue weighted by molar-refractivity contribution is 5.94. The molecule has 0 radical (unpaired) electrons. The Kier molecular flexibility index (Phi) is 3.88. The van der Waals surface area contributed by atoms with Crippen molar-refractivity contribution in [1.82, 2.24) is 9.88 Å². The fourth-order valence-corrected chi connectivity index (χ4v) is 3.06. The molecule has 4 nitrogen and oxygen atoms in total. The van der Waals surface area contributed by atoms with E-state index in [4.69, 9.17) is 5.73 Å². The molecule has 2 atom stereocenters. The van der Waals surface area contributed by atoms with Gasteiger partial charge in [0.2, 0.25) is 0 Å². The molecule has 2 fully saturated rings. The average Bonchev–Trinajstić information content (AvgIpc) is 3.00. The summed E-state index contributed by atoms with van der Waals surface area (Å²) in [5.41, 5.74) is 7.05. The van der Waals surface area contributed by atoms with Crippen LogP contribution in [0.5, 0.6) is 0 Å². The van der Waals surface area contributed by atoms with Gasteiger partial charge < -0.3 is 10.6 Å². The highest BCUT2D eigenvalue weighted by Crippen LogP contribution is 2.37. The minimum atomic E-state index is 0. The Hall–Kier alpha value is -1.13. The Morgan fingerprint density at radius 2 is 2.33 bits per heavy atom. The predicted molar refractivity (Wildman–Crippen MR) is 71.5 cm³/mol. The Balaban J connectivity index is 0.00000120. The summed E-state index contributed by atoms with van der Waals surface area (Å²) in [4.78, 5) is 18.5. The van der Waals surface area contributed by atoms with Gasteiger partial charge in [0.15, 0.2) is 0 Å². The van der Waals surface area contributed by atoms with E-state index in [0.29, 0.717) is 12.6 Å². The maximum absolute atomic E-state index is 12.4. The first-order valence-electron chi connectivity index (χ1n) is 6.24. The molecule has 18 heavy (non-hydrogen) atoms. The molecule has 1 amide bonds. The Morgan fingerprint density at radius 1 is 1.50 bits per heavy atom. The van der Waals surface area contributed by atoms with Gasteiger partial charge in [0, 0.05) is 30.9 Å². The van der Waals surface area contributed by atoms with E-state index < -0.39 is 0 Å². The summed E-state index contributed by atoms with van der Waals surface area (Å²) in [7, 11) is 0. The minimum Gasteiger partial charge on any atom is -0.335 e. The first-order chi connectivity index (χ1) is 8.28. The monoisotopic (exact) mass is 267 g/mol. The molecule has 5 heteroatoms. The van der Waals surface area contributed by atoms with Crippen LogP contribution in [0.2, 0.25) is 0 Å². The summed E-state index contributed by atoms with van der Waals surface area (Å²) < 4.78 is 0. The fourth-order valence-electron chi connectivity index (χ4n) is 3.06. The van der Waals surface area contributed by atoms with Gasteiger partial charge in [0.05, 0.1) is 5.69 Å². The van der Waals surface area contributed by atoms with Gasteiger partial charge >= 0.3 is 0 Å². The molecule has 2 unspecified atom stereocenters. The lowest BCUT2D eigenvalue weighted by Gasteiger charge is -2.27. The molecular weight excluding hydrogens is 250 g/mol. The Labute approximate surface area is 113 Å². The lowest BCUT2D eigenvalue weighted by atomic mass is 10.1. The van der Waals surface area contributed by atoms with Crippen molar-refractivity contribution in [3.8, 4) is 0 Å². The summed E-state index contributed by atoms with van der Waals surface area (Å²) in [6.07, 6.45) is 5.33. The maximum atomic E-state index is 12.4. The number of carbonyl (C=O) groups is 1. The third kappa shape index (κ3) is 2.22. The summed E-state index contributed by atoms with van der Waals surface area (Å²) >= 11 is 0. The van der Waals surface area contributed by atoms with Gasteiger partial charge in [0.25, 0.3) is 5.91 Å². The number of fused-ring (bicyclic) bond motifs is 2. The molecule has 1 aromatic rings. The van der Waals surface area contributed by atoms with Gasteiger partial charge in [-0.3, -0.25) is 9.78 Å². The zero-order chi connectivity index (χ0) is 11.8. The molecule has 3 rings (SSSR count). The number of likely N-dealkylation sites (tertiary alicyclic amines) is 1. The van der Waals surface area contributed by atoms with Gasteiger partial charge in [-0.05, 0) is 37.3 Å². The van der Waals surface area contributed by atoms with Crippen LogP contribution in [-0.4, -0.2) is 28.4 Å². The molecule has 1 saturated heterocycles. The standard InChI is InChI=1S/C13H17N3O.ClH/c14-7-11-6-10(3-4-15-11)13(17)16-8-9-1-2-12(16)5-9;/h3-4,6,9,12H,1-2,5,7-8,14H2;1H. The quantitative estimate of drug-likeness (QED) is 0.885. The Bertz CT molecular complexity index is 452. The van der Waals surface area contributed by atoms with Crippen LogP contribution in [0.25, 0.3) is 0 Å². The van der Waals surface area contributed by atoms with Crippen LogP contribution in [0.3, 0.4) is 0 Å². The van der Waals surface area contributed by atoms with Crippen molar-refractivity contribution in [1.29, 1.82) is 0 Å². The van der Waals surface area contributed by atoms with Crippen molar-refractivity contribution in [2.24, 2.45) is 11.7 Å². The van der Waals surface area contributed by atoms with Crippen molar-refractivity contribution in [2.45, 2.75) is 31.8 Å². The number of aromatic nitrogens is 1. The third-order valence-electron chi connectivity index (χ3n) is 3.94. The number of hydrogen-bond donors (Lipinski definition) is 1. The third-order valence-corrected chi connectivity index (χ3v) is 3.94. The van der Waals surface area contributed by atoms with E-state index in [2.05, 4.69) is 4.98 Å². The molecule has 0 aromatic carbocycles.